The van der Waals surface area contributed by atoms with Crippen molar-refractivity contribution in [3.05, 3.63) is 24.0 Å². The zero-order valence-corrected chi connectivity index (χ0v) is 13.8. The molecule has 1 aliphatic rings. The molecule has 8 heteroatoms. The first-order chi connectivity index (χ1) is 10.1. The van der Waals surface area contributed by atoms with Gasteiger partial charge in [-0.05, 0) is 25.3 Å². The van der Waals surface area contributed by atoms with Crippen LogP contribution in [0.4, 0.5) is 13.2 Å². The van der Waals surface area contributed by atoms with Gasteiger partial charge in [-0.3, -0.25) is 4.90 Å². The Bertz CT molecular complexity index is 470. The first kappa shape index (κ1) is 21.1. The van der Waals surface area contributed by atoms with Gasteiger partial charge in [-0.1, -0.05) is 26.7 Å². The summed E-state index contributed by atoms with van der Waals surface area (Å²) in [5.74, 6) is 0. The van der Waals surface area contributed by atoms with Crippen LogP contribution in [0.3, 0.4) is 0 Å². The highest BCUT2D eigenvalue weighted by Gasteiger charge is 2.36. The SMILES string of the molecule is CCCCCC[NH+]1C=CC=C1CCC.O=S(=O)([O-])C(F)(F)F. The molecule has 0 saturated carbocycles. The molecule has 0 bridgehead atoms. The van der Waals surface area contributed by atoms with E-state index >= 15 is 0 Å². The molecule has 0 aromatic rings. The van der Waals surface area contributed by atoms with Crippen molar-refractivity contribution in [1.29, 1.82) is 0 Å². The van der Waals surface area contributed by atoms with Gasteiger partial charge < -0.3 is 4.55 Å². The van der Waals surface area contributed by atoms with Gasteiger partial charge in [-0.15, -0.1) is 0 Å². The van der Waals surface area contributed by atoms with Gasteiger partial charge in [0.2, 0.25) is 0 Å². The minimum atomic E-state index is -6.09. The molecule has 0 radical (unpaired) electrons. The summed E-state index contributed by atoms with van der Waals surface area (Å²) in [5.41, 5.74) is -4.06. The van der Waals surface area contributed by atoms with E-state index < -0.39 is 15.6 Å². The number of allylic oxidation sites excluding steroid dienone is 3. The van der Waals surface area contributed by atoms with Crippen molar-refractivity contribution in [2.45, 2.75) is 57.9 Å². The predicted octanol–water partition coefficient (Wildman–Crippen LogP) is 2.71. The topological polar surface area (TPSA) is 61.6 Å². The summed E-state index contributed by atoms with van der Waals surface area (Å²) in [4.78, 5) is 1.60. The summed E-state index contributed by atoms with van der Waals surface area (Å²) < 4.78 is 58.9. The molecule has 1 unspecified atom stereocenters. The number of hydrogen-bond acceptors (Lipinski definition) is 3. The number of rotatable bonds is 7. The van der Waals surface area contributed by atoms with Crippen molar-refractivity contribution in [3.8, 4) is 0 Å². The van der Waals surface area contributed by atoms with Gasteiger partial charge in [-0.2, -0.15) is 13.2 Å². The van der Waals surface area contributed by atoms with Crippen LogP contribution in [0.2, 0.25) is 0 Å². The molecule has 1 heterocycles. The van der Waals surface area contributed by atoms with E-state index in [9.17, 15) is 13.2 Å². The molecule has 0 spiro atoms. The Kier molecular flexibility index (Phi) is 9.63. The largest absolute Gasteiger partial charge is 0.741 e. The molecule has 1 rings (SSSR count). The average Bonchev–Trinajstić information content (AvgIpc) is 2.81. The first-order valence-corrected chi connectivity index (χ1v) is 8.79. The molecule has 130 valence electrons. The molecule has 0 fully saturated rings. The van der Waals surface area contributed by atoms with E-state index in [1.807, 2.05) is 0 Å². The third kappa shape index (κ3) is 8.55. The summed E-state index contributed by atoms with van der Waals surface area (Å²) in [6.45, 7) is 5.82. The smallest absolute Gasteiger partial charge is 0.485 e. The molecule has 1 aliphatic heterocycles. The lowest BCUT2D eigenvalue weighted by Gasteiger charge is -2.13. The highest BCUT2D eigenvalue weighted by atomic mass is 32.2. The van der Waals surface area contributed by atoms with Crippen molar-refractivity contribution >= 4 is 10.1 Å². The fourth-order valence-corrected chi connectivity index (χ4v) is 1.99. The molecule has 22 heavy (non-hydrogen) atoms. The lowest BCUT2D eigenvalue weighted by atomic mass is 10.2. The Morgan fingerprint density at radius 2 is 1.73 bits per heavy atom. The molecule has 0 aromatic heterocycles. The molecule has 0 amide bonds. The zero-order chi connectivity index (χ0) is 17.2. The summed E-state index contributed by atoms with van der Waals surface area (Å²) >= 11 is 0. The molecule has 0 aliphatic carbocycles. The summed E-state index contributed by atoms with van der Waals surface area (Å²) in [6.07, 6.45) is 14.8. The fraction of sp³-hybridized carbons (Fsp3) is 0.714. The molecule has 1 N–H and O–H groups in total. The van der Waals surface area contributed by atoms with Crippen LogP contribution in [0.1, 0.15) is 52.4 Å². The van der Waals surface area contributed by atoms with E-state index in [2.05, 4.69) is 32.2 Å². The maximum Gasteiger partial charge on any atom is 0.485 e. The second kappa shape index (κ2) is 10.0. The first-order valence-electron chi connectivity index (χ1n) is 7.39. The van der Waals surface area contributed by atoms with Gasteiger partial charge in [0.1, 0.15) is 5.70 Å². The molecule has 0 aromatic carbocycles. The van der Waals surface area contributed by atoms with Crippen molar-refractivity contribution in [3.63, 3.8) is 0 Å². The highest BCUT2D eigenvalue weighted by Crippen LogP contribution is 2.20. The van der Waals surface area contributed by atoms with Crippen LogP contribution in [0.15, 0.2) is 24.0 Å². The maximum atomic E-state index is 10.7. The van der Waals surface area contributed by atoms with Crippen LogP contribution >= 0.6 is 0 Å². The van der Waals surface area contributed by atoms with E-state index in [0.29, 0.717) is 0 Å². The standard InChI is InChI=1S/C13H23N.CHF3O3S/c1-3-5-6-7-11-14-12-8-10-13(14)9-4-2;2-1(3,4)8(5,6)7/h8,10,12H,3-7,9,11H2,1-2H3;(H,5,6,7). The van der Waals surface area contributed by atoms with Crippen molar-refractivity contribution in [1.82, 2.24) is 0 Å². The molecule has 0 saturated heterocycles. The molecular weight excluding hydrogens is 319 g/mol. The lowest BCUT2D eigenvalue weighted by Crippen LogP contribution is -3.04. The number of unbranched alkanes of at least 4 members (excludes halogenated alkanes) is 3. The number of nitrogens with one attached hydrogen (secondary N) is 1. The monoisotopic (exact) mass is 343 g/mol. The Morgan fingerprint density at radius 3 is 2.18 bits per heavy atom. The Balaban J connectivity index is 0.000000472. The number of hydrogen-bond donors (Lipinski definition) is 1. The highest BCUT2D eigenvalue weighted by molar-refractivity contribution is 7.86. The number of alkyl halides is 3. The Morgan fingerprint density at radius 1 is 1.14 bits per heavy atom. The lowest BCUT2D eigenvalue weighted by molar-refractivity contribution is -0.804. The van der Waals surface area contributed by atoms with Crippen molar-refractivity contribution in [2.75, 3.05) is 6.54 Å². The number of quaternary nitrogens is 1. The Labute approximate surface area is 130 Å². The van der Waals surface area contributed by atoms with E-state index in [0.717, 1.165) is 0 Å². The van der Waals surface area contributed by atoms with E-state index in [1.54, 1.807) is 10.6 Å². The average molecular weight is 343 g/mol. The maximum absolute atomic E-state index is 10.7. The molecular formula is C14H24F3NO3S. The Hall–Kier alpha value is -0.860. The van der Waals surface area contributed by atoms with Crippen LogP contribution in [0.25, 0.3) is 0 Å². The predicted molar refractivity (Wildman–Crippen MR) is 77.9 cm³/mol. The van der Waals surface area contributed by atoms with Gasteiger partial charge in [0.25, 0.3) is 0 Å². The van der Waals surface area contributed by atoms with Gasteiger partial charge in [0, 0.05) is 12.5 Å². The third-order valence-electron chi connectivity index (χ3n) is 3.11. The molecule has 4 nitrogen and oxygen atoms in total. The number of halogens is 3. The fourth-order valence-electron chi connectivity index (χ4n) is 1.99. The zero-order valence-electron chi connectivity index (χ0n) is 12.9. The van der Waals surface area contributed by atoms with Gasteiger partial charge in [0.05, 0.1) is 12.7 Å². The van der Waals surface area contributed by atoms with E-state index in [1.165, 1.54) is 45.1 Å². The molecule has 1 atom stereocenters. The quantitative estimate of drug-likeness (QED) is 0.439. The van der Waals surface area contributed by atoms with Crippen LogP contribution in [0, 0.1) is 0 Å². The summed E-state index contributed by atoms with van der Waals surface area (Å²) in [5, 5.41) is 0. The van der Waals surface area contributed by atoms with Crippen molar-refractivity contribution in [2.24, 2.45) is 0 Å². The van der Waals surface area contributed by atoms with Gasteiger partial charge in [-0.25, -0.2) is 8.42 Å². The van der Waals surface area contributed by atoms with Crippen LogP contribution in [-0.2, 0) is 10.1 Å². The normalized spacial score (nSPS) is 17.9. The second-order valence-corrected chi connectivity index (χ2v) is 6.41. The van der Waals surface area contributed by atoms with Crippen molar-refractivity contribution < 1.29 is 31.0 Å². The van der Waals surface area contributed by atoms with Crippen LogP contribution in [-0.4, -0.2) is 25.0 Å². The van der Waals surface area contributed by atoms with Gasteiger partial charge in [0.15, 0.2) is 10.1 Å². The summed E-state index contributed by atoms with van der Waals surface area (Å²) in [6, 6.07) is 0. The van der Waals surface area contributed by atoms with Gasteiger partial charge >= 0.3 is 5.51 Å². The minimum absolute atomic E-state index is 1.26. The third-order valence-corrected chi connectivity index (χ3v) is 3.68. The van der Waals surface area contributed by atoms with Crippen LogP contribution < -0.4 is 4.90 Å². The van der Waals surface area contributed by atoms with Crippen LogP contribution in [0.5, 0.6) is 0 Å². The summed E-state index contributed by atoms with van der Waals surface area (Å²) in [7, 11) is -6.09. The second-order valence-electron chi connectivity index (χ2n) is 5.04. The van der Waals surface area contributed by atoms with E-state index in [4.69, 9.17) is 13.0 Å². The minimum Gasteiger partial charge on any atom is -0.741 e. The van der Waals surface area contributed by atoms with E-state index in [-0.39, 0.29) is 0 Å².